The van der Waals surface area contributed by atoms with Crippen LogP contribution in [0.4, 0.5) is 0 Å². The number of hydrogen-bond acceptors (Lipinski definition) is 6. The second-order valence-electron chi connectivity index (χ2n) is 2.35. The standard InChI is InChI=1S/C6H10O7P2/c1-2-10-3-4-11-15(8,9)12-5-6-13-14(6)7/h2H,1,3-5H2,(H,8,9). The third-order valence-corrected chi connectivity index (χ3v) is 3.10. The number of phosphoric ester groups is 1. The molecule has 7 nitrogen and oxygen atoms in total. The fourth-order valence-electron chi connectivity index (χ4n) is 0.612. The fourth-order valence-corrected chi connectivity index (χ4v) is 1.85. The molecule has 86 valence electrons. The molecule has 9 heteroatoms. The molecular weight excluding hydrogens is 246 g/mol. The van der Waals surface area contributed by atoms with Gasteiger partial charge in [-0.2, -0.15) is 0 Å². The minimum absolute atomic E-state index is 0.0960. The smallest absolute Gasteiger partial charge is 0.472 e. The molecule has 0 saturated carbocycles. The Kier molecular flexibility index (Phi) is 4.89. The highest BCUT2D eigenvalue weighted by atomic mass is 31.2. The molecule has 1 aliphatic heterocycles. The van der Waals surface area contributed by atoms with Crippen LogP contribution in [0.2, 0.25) is 0 Å². The maximum absolute atomic E-state index is 11.1. The third kappa shape index (κ3) is 5.39. The van der Waals surface area contributed by atoms with Crippen molar-refractivity contribution >= 4 is 21.3 Å². The van der Waals surface area contributed by atoms with E-state index in [9.17, 15) is 9.46 Å². The molecule has 0 aromatic carbocycles. The van der Waals surface area contributed by atoms with Crippen LogP contribution in [-0.2, 0) is 22.9 Å². The van der Waals surface area contributed by atoms with Gasteiger partial charge in [0.1, 0.15) is 6.61 Å². The van der Waals surface area contributed by atoms with Crippen molar-refractivity contribution in [2.24, 2.45) is 0 Å². The summed E-state index contributed by atoms with van der Waals surface area (Å²) < 4.78 is 29.1. The van der Waals surface area contributed by atoms with E-state index in [1.54, 1.807) is 0 Å². The van der Waals surface area contributed by atoms with Gasteiger partial charge in [0.15, 0.2) is 6.61 Å². The first-order valence-electron chi connectivity index (χ1n) is 3.90. The molecule has 0 bridgehead atoms. The first-order valence-corrected chi connectivity index (χ1v) is 6.58. The summed E-state index contributed by atoms with van der Waals surface area (Å²) in [4.78, 5) is 19.5. The van der Waals surface area contributed by atoms with Gasteiger partial charge in [0, 0.05) is 0 Å². The van der Waals surface area contributed by atoms with Gasteiger partial charge in [0.25, 0.3) is 8.00 Å². The van der Waals surface area contributed by atoms with E-state index in [0.29, 0.717) is 0 Å². The largest absolute Gasteiger partial charge is 0.600 e. The van der Waals surface area contributed by atoms with Crippen LogP contribution >= 0.6 is 15.8 Å². The zero-order chi connectivity index (χ0) is 11.3. The fraction of sp³-hybridized carbons (Fsp3) is 0.500. The minimum Gasteiger partial charge on any atom is -0.600 e. The van der Waals surface area contributed by atoms with E-state index in [-0.39, 0.29) is 25.3 Å². The van der Waals surface area contributed by atoms with Crippen LogP contribution in [0.15, 0.2) is 12.8 Å². The van der Waals surface area contributed by atoms with Crippen LogP contribution in [0.3, 0.4) is 0 Å². The Hall–Kier alpha value is -0.260. The van der Waals surface area contributed by atoms with Crippen molar-refractivity contribution in [3.05, 3.63) is 12.8 Å². The lowest BCUT2D eigenvalue weighted by atomic mass is 10.8. The van der Waals surface area contributed by atoms with Gasteiger partial charge in [-0.05, 0) is 0 Å². The lowest BCUT2D eigenvalue weighted by Gasteiger charge is -2.09. The van der Waals surface area contributed by atoms with Crippen molar-refractivity contribution in [2.75, 3.05) is 19.8 Å². The van der Waals surface area contributed by atoms with Gasteiger partial charge in [-0.3, -0.25) is 9.05 Å². The first kappa shape index (κ1) is 12.8. The molecule has 2 unspecified atom stereocenters. The third-order valence-electron chi connectivity index (χ3n) is 1.28. The maximum Gasteiger partial charge on any atom is 0.472 e. The summed E-state index contributed by atoms with van der Waals surface area (Å²) in [5.41, 5.74) is 0.158. The molecule has 1 aliphatic rings. The van der Waals surface area contributed by atoms with Crippen molar-refractivity contribution in [1.82, 2.24) is 0 Å². The maximum atomic E-state index is 11.1. The van der Waals surface area contributed by atoms with Gasteiger partial charge in [0.05, 0.1) is 12.9 Å². The van der Waals surface area contributed by atoms with Crippen molar-refractivity contribution < 1.29 is 32.7 Å². The molecule has 0 aromatic rings. The lowest BCUT2D eigenvalue weighted by Crippen LogP contribution is -2.04. The van der Waals surface area contributed by atoms with Crippen LogP contribution in [0, 0.1) is 0 Å². The lowest BCUT2D eigenvalue weighted by molar-refractivity contribution is -0.159. The van der Waals surface area contributed by atoms with Gasteiger partial charge >= 0.3 is 13.3 Å². The Morgan fingerprint density at radius 3 is 2.80 bits per heavy atom. The zero-order valence-electron chi connectivity index (χ0n) is 7.70. The molecule has 0 fully saturated rings. The van der Waals surface area contributed by atoms with Gasteiger partial charge in [-0.25, -0.2) is 4.57 Å². The quantitative estimate of drug-likeness (QED) is 0.373. The van der Waals surface area contributed by atoms with E-state index in [1.807, 2.05) is 0 Å². The number of phosphoric acid groups is 1. The van der Waals surface area contributed by atoms with Crippen LogP contribution in [0.25, 0.3) is 0 Å². The SMILES string of the molecule is C=COCCOP(=O)(O)OCC1=[P+]([O-])O1. The van der Waals surface area contributed by atoms with E-state index in [4.69, 9.17) is 4.89 Å². The van der Waals surface area contributed by atoms with Gasteiger partial charge in [0.2, 0.25) is 0 Å². The van der Waals surface area contributed by atoms with E-state index in [0.717, 1.165) is 0 Å². The van der Waals surface area contributed by atoms with Crippen molar-refractivity contribution in [3.63, 3.8) is 0 Å². The number of hydrogen-bond donors (Lipinski definition) is 1. The second kappa shape index (κ2) is 5.72. The second-order valence-corrected chi connectivity index (χ2v) is 5.00. The Labute approximate surface area is 87.4 Å². The van der Waals surface area contributed by atoms with Crippen molar-refractivity contribution in [3.8, 4) is 0 Å². The van der Waals surface area contributed by atoms with E-state index < -0.39 is 15.8 Å². The predicted molar refractivity (Wildman–Crippen MR) is 50.9 cm³/mol. The summed E-state index contributed by atoms with van der Waals surface area (Å²) in [6, 6.07) is 0. The average molecular weight is 256 g/mol. The summed E-state index contributed by atoms with van der Waals surface area (Å²) in [6.07, 6.45) is 1.19. The topological polar surface area (TPSA) is 101 Å². The van der Waals surface area contributed by atoms with Crippen molar-refractivity contribution in [2.45, 2.75) is 0 Å². The molecule has 0 aromatic heterocycles. The monoisotopic (exact) mass is 256 g/mol. The van der Waals surface area contributed by atoms with Crippen LogP contribution < -0.4 is 4.89 Å². The molecule has 0 amide bonds. The average Bonchev–Trinajstić information content (AvgIpc) is 2.87. The normalized spacial score (nSPS) is 20.9. The molecule has 1 heterocycles. The number of rotatable bonds is 8. The van der Waals surface area contributed by atoms with E-state index in [1.165, 1.54) is 6.26 Å². The van der Waals surface area contributed by atoms with Crippen molar-refractivity contribution in [1.29, 1.82) is 0 Å². The Morgan fingerprint density at radius 1 is 1.60 bits per heavy atom. The molecule has 15 heavy (non-hydrogen) atoms. The molecule has 2 atom stereocenters. The Balaban J connectivity index is 2.14. The summed E-state index contributed by atoms with van der Waals surface area (Å²) in [5.74, 6) is 0. The molecule has 0 saturated heterocycles. The van der Waals surface area contributed by atoms with E-state index >= 15 is 0 Å². The molecule has 0 spiro atoms. The highest BCUT2D eigenvalue weighted by Gasteiger charge is 2.35. The molecule has 0 aliphatic carbocycles. The van der Waals surface area contributed by atoms with Gasteiger partial charge in [-0.1, -0.05) is 11.1 Å². The highest BCUT2D eigenvalue weighted by molar-refractivity contribution is 7.55. The van der Waals surface area contributed by atoms with Gasteiger partial charge < -0.3 is 14.5 Å². The van der Waals surface area contributed by atoms with Crippen LogP contribution in [-0.4, -0.2) is 30.2 Å². The molecule has 1 N–H and O–H groups in total. The molecular formula is C6H10O7P2. The Morgan fingerprint density at radius 2 is 2.27 bits per heavy atom. The predicted octanol–water partition coefficient (Wildman–Crippen LogP) is 0.112. The first-order chi connectivity index (χ1) is 7.05. The van der Waals surface area contributed by atoms with E-state index in [2.05, 4.69) is 24.9 Å². The number of ether oxygens (including phenoxy) is 1. The summed E-state index contributed by atoms with van der Waals surface area (Å²) in [6.45, 7) is 2.96. The molecule has 1 rings (SSSR count). The zero-order valence-corrected chi connectivity index (χ0v) is 9.49. The van der Waals surface area contributed by atoms with Crippen LogP contribution in [0.5, 0.6) is 0 Å². The van der Waals surface area contributed by atoms with Gasteiger partial charge in [-0.15, -0.1) is 0 Å². The summed E-state index contributed by atoms with van der Waals surface area (Å²) in [7, 11) is -5.91. The van der Waals surface area contributed by atoms with Crippen LogP contribution in [0.1, 0.15) is 0 Å². The molecule has 0 radical (unpaired) electrons. The highest BCUT2D eigenvalue weighted by Crippen LogP contribution is 2.45. The summed E-state index contributed by atoms with van der Waals surface area (Å²) >= 11 is 0. The Bertz CT molecular complexity index is 313. The summed E-state index contributed by atoms with van der Waals surface area (Å²) in [5, 5.41) is 0. The minimum atomic E-state index is -4.12.